The first-order valence-corrected chi connectivity index (χ1v) is 3.08. The van der Waals surface area contributed by atoms with Gasteiger partial charge in [0.05, 0.1) is 0 Å². The van der Waals surface area contributed by atoms with E-state index in [2.05, 4.69) is 11.9 Å². The maximum Gasteiger partial charge on any atom is 0.0125 e. The van der Waals surface area contributed by atoms with Gasteiger partial charge in [-0.2, -0.15) is 0 Å². The lowest BCUT2D eigenvalue weighted by Crippen LogP contribution is -2.16. The Labute approximate surface area is 44.3 Å². The molecule has 1 saturated carbocycles. The zero-order chi connectivity index (χ0) is 4.85. The van der Waals surface area contributed by atoms with Crippen molar-refractivity contribution < 1.29 is 0 Å². The molecule has 0 bridgehead atoms. The Bertz CT molecular complexity index is 90.2. The summed E-state index contributed by atoms with van der Waals surface area (Å²) in [5.74, 6) is 1.12. The van der Waals surface area contributed by atoms with Gasteiger partial charge in [0.1, 0.15) is 0 Å². The molecule has 40 valence electrons. The van der Waals surface area contributed by atoms with Crippen LogP contribution in [0, 0.1) is 5.92 Å². The van der Waals surface area contributed by atoms with Crippen LogP contribution in [0.3, 0.4) is 0 Å². The molecule has 1 heteroatoms. The molecular formula is C6H11N. The Kier molecular flexibility index (Phi) is 0.571. The van der Waals surface area contributed by atoms with Crippen LogP contribution in [0.1, 0.15) is 12.8 Å². The Balaban J connectivity index is 2.08. The summed E-state index contributed by atoms with van der Waals surface area (Å²) in [4.78, 5) is 2.48. The molecule has 1 nitrogen and oxygen atoms in total. The number of hydrogen-bond donors (Lipinski definition) is 0. The molecule has 2 rings (SSSR count). The van der Waals surface area contributed by atoms with E-state index in [0.29, 0.717) is 0 Å². The number of hydrogen-bond acceptors (Lipinski definition) is 1. The fourth-order valence-corrected chi connectivity index (χ4v) is 1.62. The number of likely N-dealkylation sites (tertiary alicyclic amines) is 1. The minimum atomic E-state index is 1.01. The van der Waals surface area contributed by atoms with Crippen molar-refractivity contribution in [1.82, 2.24) is 4.90 Å². The van der Waals surface area contributed by atoms with Gasteiger partial charge in [-0.15, -0.1) is 0 Å². The Morgan fingerprint density at radius 1 is 1.57 bits per heavy atom. The van der Waals surface area contributed by atoms with Crippen molar-refractivity contribution in [2.45, 2.75) is 18.9 Å². The van der Waals surface area contributed by atoms with Crippen LogP contribution < -0.4 is 0 Å². The van der Waals surface area contributed by atoms with E-state index >= 15 is 0 Å². The van der Waals surface area contributed by atoms with Crippen LogP contribution in [0.5, 0.6) is 0 Å². The van der Waals surface area contributed by atoms with Crippen molar-refractivity contribution >= 4 is 0 Å². The summed E-state index contributed by atoms with van der Waals surface area (Å²) < 4.78 is 0. The van der Waals surface area contributed by atoms with Crippen molar-refractivity contribution in [2.75, 3.05) is 13.6 Å². The van der Waals surface area contributed by atoms with Crippen molar-refractivity contribution in [1.29, 1.82) is 0 Å². The monoisotopic (exact) mass is 97.1 g/mol. The predicted octanol–water partition coefficient (Wildman–Crippen LogP) is 0.710. The van der Waals surface area contributed by atoms with Crippen molar-refractivity contribution in [3.63, 3.8) is 0 Å². The Morgan fingerprint density at radius 2 is 2.43 bits per heavy atom. The molecular weight excluding hydrogens is 86.1 g/mol. The van der Waals surface area contributed by atoms with Crippen LogP contribution in [0.25, 0.3) is 0 Å². The molecule has 0 aromatic rings. The molecule has 0 N–H and O–H groups in total. The standard InChI is InChI=1S/C6H11N/c1-7-3-2-5-4-6(5)7/h5-6H,2-4H2,1H3/t5-,6+/m0/s1. The van der Waals surface area contributed by atoms with Crippen LogP contribution >= 0.6 is 0 Å². The predicted molar refractivity (Wildman–Crippen MR) is 29.1 cm³/mol. The number of rotatable bonds is 0. The molecule has 0 radical (unpaired) electrons. The summed E-state index contributed by atoms with van der Waals surface area (Å²) in [6.07, 6.45) is 2.97. The van der Waals surface area contributed by atoms with Crippen LogP contribution in [-0.4, -0.2) is 24.5 Å². The van der Waals surface area contributed by atoms with Gasteiger partial charge in [0.2, 0.25) is 0 Å². The highest BCUT2D eigenvalue weighted by Crippen LogP contribution is 2.42. The van der Waals surface area contributed by atoms with E-state index in [1.54, 1.807) is 0 Å². The third kappa shape index (κ3) is 0.418. The average Bonchev–Trinajstić information content (AvgIpc) is 2.33. The third-order valence-electron chi connectivity index (χ3n) is 2.30. The molecule has 0 unspecified atom stereocenters. The van der Waals surface area contributed by atoms with Gasteiger partial charge in [0, 0.05) is 6.04 Å². The van der Waals surface area contributed by atoms with Gasteiger partial charge in [-0.1, -0.05) is 0 Å². The second-order valence-corrected chi connectivity index (χ2v) is 2.83. The Morgan fingerprint density at radius 3 is 2.57 bits per heavy atom. The highest BCUT2D eigenvalue weighted by molar-refractivity contribution is 4.99. The number of nitrogens with zero attached hydrogens (tertiary/aromatic N) is 1. The number of fused-ring (bicyclic) bond motifs is 1. The quantitative estimate of drug-likeness (QED) is 0.430. The largest absolute Gasteiger partial charge is 0.303 e. The van der Waals surface area contributed by atoms with Crippen molar-refractivity contribution in [2.24, 2.45) is 5.92 Å². The fraction of sp³-hybridized carbons (Fsp3) is 1.00. The molecule has 1 heterocycles. The molecule has 2 atom stereocenters. The third-order valence-corrected chi connectivity index (χ3v) is 2.30. The van der Waals surface area contributed by atoms with Gasteiger partial charge in [0.25, 0.3) is 0 Å². The molecule has 7 heavy (non-hydrogen) atoms. The molecule has 1 aliphatic carbocycles. The molecule has 2 fully saturated rings. The molecule has 0 aromatic heterocycles. The minimum absolute atomic E-state index is 1.01. The topological polar surface area (TPSA) is 3.24 Å². The fourth-order valence-electron chi connectivity index (χ4n) is 1.62. The Hall–Kier alpha value is -0.0400. The smallest absolute Gasteiger partial charge is 0.0125 e. The van der Waals surface area contributed by atoms with E-state index in [-0.39, 0.29) is 0 Å². The van der Waals surface area contributed by atoms with E-state index < -0.39 is 0 Å². The zero-order valence-corrected chi connectivity index (χ0v) is 4.72. The maximum atomic E-state index is 2.48. The van der Waals surface area contributed by atoms with E-state index in [1.807, 2.05) is 0 Å². The summed E-state index contributed by atoms with van der Waals surface area (Å²) in [6, 6.07) is 1.01. The SMILES string of the molecule is CN1CC[C@H]2C[C@H]21. The molecule has 0 amide bonds. The first-order chi connectivity index (χ1) is 3.38. The van der Waals surface area contributed by atoms with Gasteiger partial charge in [-0.3, -0.25) is 0 Å². The zero-order valence-electron chi connectivity index (χ0n) is 4.72. The molecule has 0 spiro atoms. The molecule has 0 aromatic carbocycles. The van der Waals surface area contributed by atoms with Gasteiger partial charge in [-0.05, 0) is 32.4 Å². The van der Waals surface area contributed by atoms with Crippen LogP contribution in [0.15, 0.2) is 0 Å². The van der Waals surface area contributed by atoms with Crippen molar-refractivity contribution in [3.05, 3.63) is 0 Å². The lowest BCUT2D eigenvalue weighted by atomic mass is 10.3. The normalized spacial score (nSPS) is 49.3. The van der Waals surface area contributed by atoms with Gasteiger partial charge >= 0.3 is 0 Å². The summed E-state index contributed by atoms with van der Waals surface area (Å²) >= 11 is 0. The maximum absolute atomic E-state index is 2.48. The van der Waals surface area contributed by atoms with E-state index in [1.165, 1.54) is 19.4 Å². The highest BCUT2D eigenvalue weighted by Gasteiger charge is 2.44. The minimum Gasteiger partial charge on any atom is -0.303 e. The molecule has 1 aliphatic heterocycles. The average molecular weight is 97.2 g/mol. The first-order valence-electron chi connectivity index (χ1n) is 3.08. The molecule has 1 saturated heterocycles. The summed E-state index contributed by atoms with van der Waals surface area (Å²) in [7, 11) is 2.23. The summed E-state index contributed by atoms with van der Waals surface area (Å²) in [5, 5.41) is 0. The molecule has 2 aliphatic rings. The van der Waals surface area contributed by atoms with Crippen molar-refractivity contribution in [3.8, 4) is 0 Å². The summed E-state index contributed by atoms with van der Waals surface area (Å²) in [6.45, 7) is 1.36. The van der Waals surface area contributed by atoms with Gasteiger partial charge in [-0.25, -0.2) is 0 Å². The van der Waals surface area contributed by atoms with Crippen LogP contribution in [0.4, 0.5) is 0 Å². The number of piperidine rings is 1. The van der Waals surface area contributed by atoms with E-state index in [9.17, 15) is 0 Å². The summed E-state index contributed by atoms with van der Waals surface area (Å²) in [5.41, 5.74) is 0. The van der Waals surface area contributed by atoms with Crippen LogP contribution in [0.2, 0.25) is 0 Å². The second kappa shape index (κ2) is 1.03. The van der Waals surface area contributed by atoms with Crippen LogP contribution in [-0.2, 0) is 0 Å². The van der Waals surface area contributed by atoms with E-state index in [4.69, 9.17) is 0 Å². The van der Waals surface area contributed by atoms with Gasteiger partial charge < -0.3 is 4.90 Å². The second-order valence-electron chi connectivity index (χ2n) is 2.83. The highest BCUT2D eigenvalue weighted by atomic mass is 15.2. The van der Waals surface area contributed by atoms with E-state index in [0.717, 1.165) is 12.0 Å². The first kappa shape index (κ1) is 3.90. The lowest BCUT2D eigenvalue weighted by molar-refractivity contribution is 0.369. The lowest BCUT2D eigenvalue weighted by Gasteiger charge is -2.06. The van der Waals surface area contributed by atoms with Gasteiger partial charge in [0.15, 0.2) is 0 Å².